The van der Waals surface area contributed by atoms with Crippen LogP contribution in [0.15, 0.2) is 59.5 Å². The summed E-state index contributed by atoms with van der Waals surface area (Å²) < 4.78 is 6.05. The first-order valence-corrected chi connectivity index (χ1v) is 15.5. The molecule has 0 radical (unpaired) electrons. The lowest BCUT2D eigenvalue weighted by Gasteiger charge is -2.62. The second kappa shape index (κ2) is 10.5. The molecule has 5 rings (SSSR count). The standard InChI is InChI=1S/C26H28ClN4O3PS2/c1-26(2,3)23(29-24(33)20-12-16-6-4-5-7-19(16)36-20)25(34)30-15-35-22(30)14-31(35)21(32)13-28-37-18-10-8-17(27)9-11-18/h4-12,22-23,28H,13-15H2,1-3H3,(H,29,33). The topological polar surface area (TPSA) is 81.8 Å². The van der Waals surface area contributed by atoms with Gasteiger partial charge in [-0.25, -0.2) is 0 Å². The number of hydrogen-bond acceptors (Lipinski definition) is 6. The van der Waals surface area contributed by atoms with E-state index in [0.717, 1.165) is 15.0 Å². The zero-order chi connectivity index (χ0) is 26.3. The third-order valence-electron chi connectivity index (χ3n) is 6.48. The third-order valence-corrected chi connectivity index (χ3v) is 11.4. The van der Waals surface area contributed by atoms with Crippen LogP contribution in [0.3, 0.4) is 0 Å². The Morgan fingerprint density at radius 2 is 1.89 bits per heavy atom. The molecule has 11 heteroatoms. The number of rotatable bonds is 7. The molecule has 3 unspecified atom stereocenters. The molecule has 2 fully saturated rings. The molecule has 0 aliphatic carbocycles. The van der Waals surface area contributed by atoms with Gasteiger partial charge in [0.25, 0.3) is 5.91 Å². The molecule has 0 spiro atoms. The van der Waals surface area contributed by atoms with Crippen molar-refractivity contribution in [2.75, 3.05) is 19.4 Å². The summed E-state index contributed by atoms with van der Waals surface area (Å²) in [5.74, 6) is -0.191. The molecule has 2 aliphatic heterocycles. The molecule has 3 amide bonds. The highest BCUT2D eigenvalue weighted by molar-refractivity contribution is 7.97. The van der Waals surface area contributed by atoms with E-state index in [9.17, 15) is 14.4 Å². The Morgan fingerprint density at radius 3 is 2.54 bits per heavy atom. The van der Waals surface area contributed by atoms with E-state index >= 15 is 0 Å². The second-order valence-corrected chi connectivity index (χ2v) is 14.9. The maximum Gasteiger partial charge on any atom is 0.262 e. The second-order valence-electron chi connectivity index (χ2n) is 10.1. The van der Waals surface area contributed by atoms with Gasteiger partial charge in [0, 0.05) is 22.7 Å². The molecule has 7 nitrogen and oxygen atoms in total. The molecular formula is C26H28ClN4O3PS2. The Morgan fingerprint density at radius 1 is 1.16 bits per heavy atom. The molecule has 2 aromatic carbocycles. The highest BCUT2D eigenvalue weighted by Crippen LogP contribution is 2.64. The van der Waals surface area contributed by atoms with E-state index in [4.69, 9.17) is 11.6 Å². The van der Waals surface area contributed by atoms with Crippen LogP contribution in [0.5, 0.6) is 0 Å². The minimum atomic E-state index is -0.675. The summed E-state index contributed by atoms with van der Waals surface area (Å²) in [4.78, 5) is 42.7. The molecule has 3 atom stereocenters. The van der Waals surface area contributed by atoms with Crippen molar-refractivity contribution in [3.63, 3.8) is 0 Å². The number of carbonyl (C=O) groups excluding carboxylic acids is 3. The number of halogens is 1. The lowest BCUT2D eigenvalue weighted by atomic mass is 9.85. The van der Waals surface area contributed by atoms with Crippen LogP contribution in [0.25, 0.3) is 10.1 Å². The molecule has 0 saturated carbocycles. The van der Waals surface area contributed by atoms with Crippen molar-refractivity contribution < 1.29 is 14.4 Å². The smallest absolute Gasteiger partial charge is 0.262 e. The van der Waals surface area contributed by atoms with Crippen molar-refractivity contribution in [1.29, 1.82) is 0 Å². The van der Waals surface area contributed by atoms with Crippen molar-refractivity contribution >= 4 is 70.8 Å². The van der Waals surface area contributed by atoms with Gasteiger partial charge in [0.2, 0.25) is 11.8 Å². The van der Waals surface area contributed by atoms with Gasteiger partial charge in [0.1, 0.15) is 6.04 Å². The Kier molecular flexibility index (Phi) is 7.53. The summed E-state index contributed by atoms with van der Waals surface area (Å²) >= 11 is 8.73. The third kappa shape index (κ3) is 5.52. The Balaban J connectivity index is 1.15. The van der Waals surface area contributed by atoms with E-state index in [2.05, 4.69) is 10.0 Å². The van der Waals surface area contributed by atoms with Gasteiger partial charge in [-0.05, 0) is 59.1 Å². The van der Waals surface area contributed by atoms with Crippen molar-refractivity contribution in [2.24, 2.45) is 5.41 Å². The lowest BCUT2D eigenvalue weighted by molar-refractivity contribution is -0.140. The fourth-order valence-corrected chi connectivity index (χ4v) is 8.41. The monoisotopic (exact) mass is 574 g/mol. The number of nitrogens with one attached hydrogen (secondary N) is 2. The summed E-state index contributed by atoms with van der Waals surface area (Å²) in [7, 11) is -0.675. The van der Waals surface area contributed by atoms with Crippen LogP contribution in [-0.4, -0.2) is 58.5 Å². The molecule has 0 bridgehead atoms. The van der Waals surface area contributed by atoms with Crippen LogP contribution in [0, 0.1) is 5.41 Å². The van der Waals surface area contributed by atoms with E-state index in [1.54, 1.807) is 0 Å². The zero-order valence-electron chi connectivity index (χ0n) is 20.7. The first kappa shape index (κ1) is 26.4. The molecule has 3 heterocycles. The predicted octanol–water partition coefficient (Wildman–Crippen LogP) is 5.36. The van der Waals surface area contributed by atoms with Gasteiger partial charge in [0.05, 0.1) is 30.0 Å². The molecule has 37 heavy (non-hydrogen) atoms. The SMILES string of the molecule is CC(C)(C)C(NC(=O)c1cc2ccccc2s1)C(=O)N1CP2C1CN2C(=O)CNSc1ccc(Cl)cc1. The quantitative estimate of drug-likeness (QED) is 0.293. The minimum Gasteiger partial charge on any atom is -0.339 e. The Bertz CT molecular complexity index is 1310. The van der Waals surface area contributed by atoms with Crippen LogP contribution in [-0.2, 0) is 9.59 Å². The van der Waals surface area contributed by atoms with Crippen LogP contribution in [0.2, 0.25) is 5.02 Å². The fraction of sp³-hybridized carbons (Fsp3) is 0.346. The highest BCUT2D eigenvalue weighted by Gasteiger charge is 2.57. The number of hydrogen-bond donors (Lipinski definition) is 2. The number of carbonyl (C=O) groups is 3. The van der Waals surface area contributed by atoms with Gasteiger partial charge in [-0.15, -0.1) is 11.3 Å². The molecule has 1 aromatic heterocycles. The van der Waals surface area contributed by atoms with Crippen LogP contribution in [0.1, 0.15) is 30.4 Å². The highest BCUT2D eigenvalue weighted by atomic mass is 35.5. The van der Waals surface area contributed by atoms with E-state index in [-0.39, 0.29) is 30.0 Å². The van der Waals surface area contributed by atoms with E-state index in [0.29, 0.717) is 22.7 Å². The Hall–Kier alpha value is -2.16. The van der Waals surface area contributed by atoms with E-state index in [1.165, 1.54) is 23.3 Å². The lowest BCUT2D eigenvalue weighted by Crippen LogP contribution is -2.69. The normalized spacial score (nSPS) is 19.6. The molecule has 3 aromatic rings. The minimum absolute atomic E-state index is 0.0429. The van der Waals surface area contributed by atoms with Crippen molar-refractivity contribution in [2.45, 2.75) is 37.5 Å². The van der Waals surface area contributed by atoms with Gasteiger partial charge < -0.3 is 14.9 Å². The molecule has 2 aliphatic rings. The van der Waals surface area contributed by atoms with Crippen molar-refractivity contribution in [3.8, 4) is 0 Å². The fourth-order valence-electron chi connectivity index (χ4n) is 4.35. The van der Waals surface area contributed by atoms with Gasteiger partial charge in [-0.2, -0.15) is 0 Å². The average Bonchev–Trinajstić information content (AvgIpc) is 3.28. The van der Waals surface area contributed by atoms with E-state index in [1.807, 2.05) is 84.9 Å². The van der Waals surface area contributed by atoms with Crippen molar-refractivity contribution in [3.05, 3.63) is 64.5 Å². The van der Waals surface area contributed by atoms with Gasteiger partial charge in [0.15, 0.2) is 0 Å². The summed E-state index contributed by atoms with van der Waals surface area (Å²) in [6.07, 6.45) is 0.556. The van der Waals surface area contributed by atoms with Crippen LogP contribution in [0.4, 0.5) is 0 Å². The molecule has 2 saturated heterocycles. The maximum atomic E-state index is 13.5. The number of benzene rings is 2. The number of amides is 3. The van der Waals surface area contributed by atoms with Crippen LogP contribution < -0.4 is 10.0 Å². The first-order valence-electron chi connectivity index (χ1n) is 11.9. The first-order chi connectivity index (χ1) is 17.6. The van der Waals surface area contributed by atoms with Crippen molar-refractivity contribution in [1.82, 2.24) is 19.6 Å². The Labute approximate surface area is 230 Å². The summed E-state index contributed by atoms with van der Waals surface area (Å²) in [6, 6.07) is 16.5. The maximum absolute atomic E-state index is 13.5. The summed E-state index contributed by atoms with van der Waals surface area (Å²) in [5, 5.41) is 4.70. The van der Waals surface area contributed by atoms with E-state index < -0.39 is 19.5 Å². The largest absolute Gasteiger partial charge is 0.339 e. The molecule has 2 N–H and O–H groups in total. The van der Waals surface area contributed by atoms with Gasteiger partial charge in [-0.3, -0.25) is 19.1 Å². The number of fused-ring (bicyclic) bond motifs is 2. The summed E-state index contributed by atoms with van der Waals surface area (Å²) in [6.45, 7) is 6.66. The molecular weight excluding hydrogens is 547 g/mol. The number of thiophene rings is 1. The molecule has 194 valence electrons. The average molecular weight is 575 g/mol. The summed E-state index contributed by atoms with van der Waals surface area (Å²) in [5.41, 5.74) is -0.455. The number of nitrogens with zero attached hydrogens (tertiary/aromatic N) is 2. The van der Waals surface area contributed by atoms with Gasteiger partial charge in [-0.1, -0.05) is 50.6 Å². The van der Waals surface area contributed by atoms with Crippen LogP contribution >= 0.6 is 43.0 Å². The predicted molar refractivity (Wildman–Crippen MR) is 152 cm³/mol. The van der Waals surface area contributed by atoms with Gasteiger partial charge >= 0.3 is 0 Å². The zero-order valence-corrected chi connectivity index (χ0v) is 24.0.